The van der Waals surface area contributed by atoms with Gasteiger partial charge >= 0.3 is 5.97 Å². The zero-order chi connectivity index (χ0) is 18.4. The lowest BCUT2D eigenvalue weighted by Crippen LogP contribution is -2.13. The van der Waals surface area contributed by atoms with Crippen molar-refractivity contribution in [3.63, 3.8) is 0 Å². The molecule has 0 unspecified atom stereocenters. The molecule has 0 saturated carbocycles. The van der Waals surface area contributed by atoms with Crippen molar-refractivity contribution in [3.8, 4) is 6.07 Å². The fourth-order valence-electron chi connectivity index (χ4n) is 2.08. The number of nitriles is 1. The number of benzene rings is 2. The summed E-state index contributed by atoms with van der Waals surface area (Å²) < 4.78 is 0. The summed E-state index contributed by atoms with van der Waals surface area (Å²) in [5.41, 5.74) is 2.24. The first-order valence-corrected chi connectivity index (χ1v) is 7.44. The molecule has 0 fully saturated rings. The average molecular weight is 335 g/mol. The van der Waals surface area contributed by atoms with Crippen molar-refractivity contribution in [1.29, 1.82) is 5.26 Å². The first kappa shape index (κ1) is 17.8. The molecule has 0 aliphatic heterocycles. The molecule has 0 aliphatic rings. The summed E-state index contributed by atoms with van der Waals surface area (Å²) in [4.78, 5) is 25.0. The van der Waals surface area contributed by atoms with Crippen molar-refractivity contribution in [1.82, 2.24) is 0 Å². The molecule has 0 aromatic heterocycles. The van der Waals surface area contributed by atoms with E-state index in [0.717, 1.165) is 11.3 Å². The number of carboxylic acid groups (broad SMARTS) is 1. The monoisotopic (exact) mass is 335 g/mol. The SMILES string of the molecule is CN(C)c1ccc(C=C(C#N)C(=O)Nc2ccc(C(=O)O)cc2)cc1. The van der Waals surface area contributed by atoms with Crippen molar-refractivity contribution >= 4 is 29.3 Å². The van der Waals surface area contributed by atoms with Gasteiger partial charge in [0, 0.05) is 25.5 Å². The van der Waals surface area contributed by atoms with E-state index >= 15 is 0 Å². The lowest BCUT2D eigenvalue weighted by Gasteiger charge is -2.12. The van der Waals surface area contributed by atoms with E-state index in [1.54, 1.807) is 0 Å². The quantitative estimate of drug-likeness (QED) is 0.647. The summed E-state index contributed by atoms with van der Waals surface area (Å²) in [5, 5.41) is 20.7. The smallest absolute Gasteiger partial charge is 0.335 e. The largest absolute Gasteiger partial charge is 0.478 e. The summed E-state index contributed by atoms with van der Waals surface area (Å²) in [6.45, 7) is 0. The Hall–Kier alpha value is -3.59. The maximum Gasteiger partial charge on any atom is 0.335 e. The molecule has 2 aromatic rings. The van der Waals surface area contributed by atoms with Crippen molar-refractivity contribution in [2.24, 2.45) is 0 Å². The Morgan fingerprint density at radius 1 is 1.08 bits per heavy atom. The van der Waals surface area contributed by atoms with Gasteiger partial charge in [0.25, 0.3) is 5.91 Å². The average Bonchev–Trinajstić information content (AvgIpc) is 2.60. The summed E-state index contributed by atoms with van der Waals surface area (Å²) >= 11 is 0. The number of aromatic carboxylic acids is 1. The van der Waals surface area contributed by atoms with Gasteiger partial charge in [-0.05, 0) is 48.0 Å². The Kier molecular flexibility index (Phi) is 5.54. The van der Waals surface area contributed by atoms with E-state index in [2.05, 4.69) is 5.32 Å². The maximum atomic E-state index is 12.2. The van der Waals surface area contributed by atoms with Crippen LogP contribution in [-0.4, -0.2) is 31.1 Å². The van der Waals surface area contributed by atoms with Gasteiger partial charge in [-0.25, -0.2) is 4.79 Å². The van der Waals surface area contributed by atoms with Crippen molar-refractivity contribution in [2.45, 2.75) is 0 Å². The zero-order valence-electron chi connectivity index (χ0n) is 13.9. The maximum absolute atomic E-state index is 12.2. The molecule has 0 radical (unpaired) electrons. The first-order chi connectivity index (χ1) is 11.9. The van der Waals surface area contributed by atoms with Crippen LogP contribution in [0, 0.1) is 11.3 Å². The van der Waals surface area contributed by atoms with E-state index < -0.39 is 11.9 Å². The van der Waals surface area contributed by atoms with Crippen LogP contribution in [0.4, 0.5) is 11.4 Å². The molecule has 6 nitrogen and oxygen atoms in total. The predicted octanol–water partition coefficient (Wildman–Crippen LogP) is 3.00. The molecule has 126 valence electrons. The highest BCUT2D eigenvalue weighted by Crippen LogP contribution is 2.16. The Balaban J connectivity index is 2.14. The van der Waals surface area contributed by atoms with Crippen molar-refractivity contribution in [2.75, 3.05) is 24.3 Å². The fourth-order valence-corrected chi connectivity index (χ4v) is 2.08. The summed E-state index contributed by atoms with van der Waals surface area (Å²) in [7, 11) is 3.85. The summed E-state index contributed by atoms with van der Waals surface area (Å²) in [6, 6.07) is 15.0. The number of nitrogens with zero attached hydrogens (tertiary/aromatic N) is 2. The molecule has 2 aromatic carbocycles. The van der Waals surface area contributed by atoms with Crippen LogP contribution in [-0.2, 0) is 4.79 Å². The molecule has 0 bridgehead atoms. The Bertz CT molecular complexity index is 845. The van der Waals surface area contributed by atoms with Crippen molar-refractivity contribution in [3.05, 3.63) is 65.2 Å². The summed E-state index contributed by atoms with van der Waals surface area (Å²) in [6.07, 6.45) is 1.50. The second-order valence-corrected chi connectivity index (χ2v) is 5.49. The van der Waals surface area contributed by atoms with Crippen LogP contribution in [0.1, 0.15) is 15.9 Å². The summed E-state index contributed by atoms with van der Waals surface area (Å²) in [5.74, 6) is -1.60. The standard InChI is InChI=1S/C19H17N3O3/c1-22(2)17-9-3-13(4-10-17)11-15(12-20)18(23)21-16-7-5-14(6-8-16)19(24)25/h3-11H,1-2H3,(H,21,23)(H,24,25). The van der Waals surface area contributed by atoms with Gasteiger partial charge in [-0.3, -0.25) is 4.79 Å². The number of carbonyl (C=O) groups excluding carboxylic acids is 1. The molecular weight excluding hydrogens is 318 g/mol. The van der Waals surface area contributed by atoms with Crippen LogP contribution >= 0.6 is 0 Å². The number of nitrogens with one attached hydrogen (secondary N) is 1. The van der Waals surface area contributed by atoms with Crippen LogP contribution in [0.15, 0.2) is 54.1 Å². The fraction of sp³-hybridized carbons (Fsp3) is 0.105. The number of anilines is 2. The van der Waals surface area contributed by atoms with Crippen LogP contribution < -0.4 is 10.2 Å². The number of amides is 1. The molecule has 0 spiro atoms. The van der Waals surface area contributed by atoms with E-state index in [1.807, 2.05) is 49.3 Å². The molecule has 0 aliphatic carbocycles. The minimum absolute atomic E-state index is 0.0417. The molecule has 25 heavy (non-hydrogen) atoms. The van der Waals surface area contributed by atoms with Crippen LogP contribution in [0.2, 0.25) is 0 Å². The first-order valence-electron chi connectivity index (χ1n) is 7.44. The predicted molar refractivity (Wildman–Crippen MR) is 96.4 cm³/mol. The van der Waals surface area contributed by atoms with Gasteiger partial charge in [-0.2, -0.15) is 5.26 Å². The molecule has 0 heterocycles. The zero-order valence-corrected chi connectivity index (χ0v) is 13.9. The van der Waals surface area contributed by atoms with Crippen LogP contribution in [0.5, 0.6) is 0 Å². The van der Waals surface area contributed by atoms with E-state index in [0.29, 0.717) is 5.69 Å². The third-order valence-electron chi connectivity index (χ3n) is 3.48. The van der Waals surface area contributed by atoms with Gasteiger partial charge in [0.15, 0.2) is 0 Å². The molecule has 1 amide bonds. The molecule has 0 atom stereocenters. The van der Waals surface area contributed by atoms with Gasteiger partial charge < -0.3 is 15.3 Å². The lowest BCUT2D eigenvalue weighted by molar-refractivity contribution is -0.112. The van der Waals surface area contributed by atoms with E-state index in [1.165, 1.54) is 30.3 Å². The molecule has 2 rings (SSSR count). The van der Waals surface area contributed by atoms with E-state index in [4.69, 9.17) is 5.11 Å². The highest BCUT2D eigenvalue weighted by Gasteiger charge is 2.10. The normalized spacial score (nSPS) is 10.7. The molecule has 6 heteroatoms. The van der Waals surface area contributed by atoms with Gasteiger partial charge in [0.05, 0.1) is 5.56 Å². The second-order valence-electron chi connectivity index (χ2n) is 5.49. The van der Waals surface area contributed by atoms with Gasteiger partial charge in [0.2, 0.25) is 0 Å². The third kappa shape index (κ3) is 4.69. The molecule has 2 N–H and O–H groups in total. The number of hydrogen-bond acceptors (Lipinski definition) is 4. The minimum atomic E-state index is -1.04. The lowest BCUT2D eigenvalue weighted by atomic mass is 10.1. The Labute approximate surface area is 145 Å². The topological polar surface area (TPSA) is 93.4 Å². The van der Waals surface area contributed by atoms with Crippen LogP contribution in [0.3, 0.4) is 0 Å². The molecule has 0 saturated heterocycles. The van der Waals surface area contributed by atoms with Crippen molar-refractivity contribution < 1.29 is 14.7 Å². The second kappa shape index (κ2) is 7.79. The van der Waals surface area contributed by atoms with E-state index in [-0.39, 0.29) is 11.1 Å². The highest BCUT2D eigenvalue weighted by atomic mass is 16.4. The number of carbonyl (C=O) groups is 2. The Morgan fingerprint density at radius 2 is 1.68 bits per heavy atom. The van der Waals surface area contributed by atoms with Gasteiger partial charge in [-0.15, -0.1) is 0 Å². The minimum Gasteiger partial charge on any atom is -0.478 e. The number of hydrogen-bond donors (Lipinski definition) is 2. The van der Waals surface area contributed by atoms with Gasteiger partial charge in [-0.1, -0.05) is 12.1 Å². The van der Waals surface area contributed by atoms with Gasteiger partial charge in [0.1, 0.15) is 11.6 Å². The highest BCUT2D eigenvalue weighted by molar-refractivity contribution is 6.09. The van der Waals surface area contributed by atoms with E-state index in [9.17, 15) is 14.9 Å². The molecular formula is C19H17N3O3. The Morgan fingerprint density at radius 3 is 2.16 bits per heavy atom. The number of rotatable bonds is 5. The number of carboxylic acids is 1. The van der Waals surface area contributed by atoms with Crippen LogP contribution in [0.25, 0.3) is 6.08 Å². The third-order valence-corrected chi connectivity index (χ3v) is 3.48.